The van der Waals surface area contributed by atoms with E-state index in [0.29, 0.717) is 16.1 Å². The molecule has 1 aliphatic carbocycles. The van der Waals surface area contributed by atoms with Gasteiger partial charge in [0.2, 0.25) is 0 Å². The smallest absolute Gasteiger partial charge is 0.331 e. The van der Waals surface area contributed by atoms with Gasteiger partial charge in [-0.2, -0.15) is 4.68 Å². The molecule has 1 atom stereocenters. The van der Waals surface area contributed by atoms with E-state index in [0.717, 1.165) is 29.5 Å². The first kappa shape index (κ1) is 17.1. The lowest BCUT2D eigenvalue weighted by Crippen LogP contribution is -2.44. The molecule has 2 aromatic rings. The van der Waals surface area contributed by atoms with E-state index in [4.69, 9.17) is 0 Å². The van der Waals surface area contributed by atoms with Crippen molar-refractivity contribution in [2.75, 3.05) is 0 Å². The van der Waals surface area contributed by atoms with E-state index in [9.17, 15) is 14.7 Å². The van der Waals surface area contributed by atoms with E-state index in [1.165, 1.54) is 30.1 Å². The van der Waals surface area contributed by atoms with E-state index in [2.05, 4.69) is 31.1 Å². The Kier molecular flexibility index (Phi) is 3.82. The van der Waals surface area contributed by atoms with Crippen molar-refractivity contribution in [3.05, 3.63) is 20.8 Å². The van der Waals surface area contributed by atoms with Crippen LogP contribution in [0.3, 0.4) is 0 Å². The van der Waals surface area contributed by atoms with Gasteiger partial charge in [0.1, 0.15) is 0 Å². The summed E-state index contributed by atoms with van der Waals surface area (Å²) in [5.41, 5.74) is -0.495. The minimum Gasteiger partial charge on any atom is -0.479 e. The van der Waals surface area contributed by atoms with Crippen LogP contribution in [0.15, 0.2) is 4.79 Å². The van der Waals surface area contributed by atoms with Gasteiger partial charge in [-0.15, -0.1) is 16.4 Å². The van der Waals surface area contributed by atoms with Crippen LogP contribution in [-0.4, -0.2) is 26.1 Å². The van der Waals surface area contributed by atoms with Gasteiger partial charge in [-0.3, -0.25) is 4.79 Å². The largest absolute Gasteiger partial charge is 0.479 e. The lowest BCUT2D eigenvalue weighted by Gasteiger charge is -2.33. The third kappa shape index (κ3) is 2.55. The van der Waals surface area contributed by atoms with Gasteiger partial charge in [-0.1, -0.05) is 26.0 Å². The Labute approximate surface area is 144 Å². The summed E-state index contributed by atoms with van der Waals surface area (Å²) in [6.07, 6.45) is 2.82. The molecule has 0 aliphatic heterocycles. The molecule has 1 aliphatic rings. The number of aryl methyl sites for hydroxylation is 1. The molecule has 2 aromatic heterocycles. The van der Waals surface area contributed by atoms with Gasteiger partial charge in [0.25, 0.3) is 5.56 Å². The molecule has 0 saturated carbocycles. The van der Waals surface area contributed by atoms with Crippen molar-refractivity contribution in [3.8, 4) is 0 Å². The van der Waals surface area contributed by atoms with Crippen LogP contribution in [0.25, 0.3) is 10.2 Å². The van der Waals surface area contributed by atoms with Crippen molar-refractivity contribution in [2.45, 2.75) is 59.4 Å². The van der Waals surface area contributed by atoms with Crippen molar-refractivity contribution in [1.82, 2.24) is 15.0 Å². The summed E-state index contributed by atoms with van der Waals surface area (Å²) in [4.78, 5) is 26.2. The summed E-state index contributed by atoms with van der Waals surface area (Å²) in [5.74, 6) is -0.529. The first-order valence-corrected chi connectivity index (χ1v) is 8.99. The molecular formula is C17H23N3O3S. The highest BCUT2D eigenvalue weighted by Gasteiger charge is 2.35. The Hall–Kier alpha value is -1.76. The van der Waals surface area contributed by atoms with Crippen LogP contribution in [0.1, 0.15) is 51.5 Å². The average molecular weight is 349 g/mol. The first-order valence-electron chi connectivity index (χ1n) is 8.17. The van der Waals surface area contributed by atoms with Gasteiger partial charge < -0.3 is 5.11 Å². The van der Waals surface area contributed by atoms with Crippen molar-refractivity contribution >= 4 is 27.5 Å². The highest BCUT2D eigenvalue weighted by molar-refractivity contribution is 7.18. The maximum atomic E-state index is 12.9. The van der Waals surface area contributed by atoms with Crippen molar-refractivity contribution < 1.29 is 9.90 Å². The van der Waals surface area contributed by atoms with Gasteiger partial charge in [0.15, 0.2) is 10.4 Å². The number of aromatic nitrogens is 3. The normalized spacial score (nSPS) is 18.6. The molecule has 1 unspecified atom stereocenters. The van der Waals surface area contributed by atoms with Crippen LogP contribution in [-0.2, 0) is 23.2 Å². The number of nitrogens with zero attached hydrogens (tertiary/aromatic N) is 3. The molecule has 0 amide bonds. The molecule has 0 bridgehead atoms. The van der Waals surface area contributed by atoms with Crippen LogP contribution >= 0.6 is 11.3 Å². The lowest BCUT2D eigenvalue weighted by atomic mass is 9.72. The summed E-state index contributed by atoms with van der Waals surface area (Å²) in [6.45, 7) is 9.67. The van der Waals surface area contributed by atoms with Crippen LogP contribution in [0.4, 0.5) is 0 Å². The molecule has 1 N–H and O–H groups in total. The molecule has 0 radical (unpaired) electrons. The molecule has 24 heavy (non-hydrogen) atoms. The molecule has 0 spiro atoms. The highest BCUT2D eigenvalue weighted by atomic mass is 32.1. The molecule has 0 saturated heterocycles. The number of fused-ring (bicyclic) bond motifs is 3. The van der Waals surface area contributed by atoms with E-state index in [1.54, 1.807) is 0 Å². The maximum Gasteiger partial charge on any atom is 0.331 e. The molecule has 2 heterocycles. The van der Waals surface area contributed by atoms with Gasteiger partial charge in [-0.25, -0.2) is 4.79 Å². The van der Waals surface area contributed by atoms with Crippen molar-refractivity contribution in [3.63, 3.8) is 0 Å². The van der Waals surface area contributed by atoms with Crippen molar-refractivity contribution in [1.29, 1.82) is 0 Å². The number of carboxylic acids is 1. The van der Waals surface area contributed by atoms with Gasteiger partial charge in [0.05, 0.1) is 5.39 Å². The number of carboxylic acid groups (broad SMARTS) is 1. The number of thiophene rings is 1. The topological polar surface area (TPSA) is 85.1 Å². The third-order valence-electron chi connectivity index (χ3n) is 5.16. The molecule has 7 heteroatoms. The Balaban J connectivity index is 2.15. The minimum absolute atomic E-state index is 0.227. The summed E-state index contributed by atoms with van der Waals surface area (Å²) in [5, 5.41) is 18.0. The Bertz CT molecular complexity index is 874. The minimum atomic E-state index is -1.42. The Morgan fingerprint density at radius 2 is 1.96 bits per heavy atom. The zero-order chi connectivity index (χ0) is 17.9. The highest BCUT2D eigenvalue weighted by Crippen LogP contribution is 2.41. The number of hydrogen-bond acceptors (Lipinski definition) is 5. The van der Waals surface area contributed by atoms with Crippen LogP contribution in [0.2, 0.25) is 0 Å². The second kappa shape index (κ2) is 5.37. The number of hydrogen-bond donors (Lipinski definition) is 1. The van der Waals surface area contributed by atoms with Crippen LogP contribution in [0.5, 0.6) is 0 Å². The Morgan fingerprint density at radius 3 is 2.54 bits per heavy atom. The predicted molar refractivity (Wildman–Crippen MR) is 93.6 cm³/mol. The van der Waals surface area contributed by atoms with Crippen LogP contribution in [0, 0.1) is 11.3 Å². The molecule has 6 nitrogen and oxygen atoms in total. The molecular weight excluding hydrogens is 326 g/mol. The number of rotatable bonds is 2. The second-order valence-electron chi connectivity index (χ2n) is 8.16. The first-order chi connectivity index (χ1) is 11.0. The van der Waals surface area contributed by atoms with Crippen LogP contribution < -0.4 is 5.56 Å². The van der Waals surface area contributed by atoms with Gasteiger partial charge in [-0.05, 0) is 50.0 Å². The summed E-state index contributed by atoms with van der Waals surface area (Å²) in [7, 11) is 0. The fraction of sp³-hybridized carbons (Fsp3) is 0.647. The predicted octanol–water partition coefficient (Wildman–Crippen LogP) is 2.82. The summed E-state index contributed by atoms with van der Waals surface area (Å²) in [6, 6.07) is 0. The fourth-order valence-electron chi connectivity index (χ4n) is 3.29. The number of carbonyl (C=O) groups is 1. The van der Waals surface area contributed by atoms with E-state index in [1.807, 2.05) is 0 Å². The molecule has 130 valence electrons. The summed E-state index contributed by atoms with van der Waals surface area (Å²) < 4.78 is 1.00. The molecule has 0 aromatic carbocycles. The van der Waals surface area contributed by atoms with Gasteiger partial charge in [0, 0.05) is 4.88 Å². The quantitative estimate of drug-likeness (QED) is 0.901. The zero-order valence-electron chi connectivity index (χ0n) is 14.7. The summed E-state index contributed by atoms with van der Waals surface area (Å²) >= 11 is 1.53. The van der Waals surface area contributed by atoms with Crippen molar-refractivity contribution in [2.24, 2.45) is 11.3 Å². The van der Waals surface area contributed by atoms with Gasteiger partial charge >= 0.3 is 5.97 Å². The fourth-order valence-corrected chi connectivity index (χ4v) is 4.52. The number of aliphatic carboxylic acids is 1. The molecule has 0 fully saturated rings. The SMILES string of the molecule is CC(C)(C)C1CCc2c(sc3nnn(C(C)(C)C(=O)O)c(=O)c23)C1. The van der Waals surface area contributed by atoms with E-state index >= 15 is 0 Å². The molecule has 3 rings (SSSR count). The van der Waals surface area contributed by atoms with E-state index in [-0.39, 0.29) is 11.0 Å². The zero-order valence-corrected chi connectivity index (χ0v) is 15.5. The second-order valence-corrected chi connectivity index (χ2v) is 9.24. The monoisotopic (exact) mass is 349 g/mol. The lowest BCUT2D eigenvalue weighted by molar-refractivity contribution is -0.146. The average Bonchev–Trinajstić information content (AvgIpc) is 2.84. The van der Waals surface area contributed by atoms with E-state index < -0.39 is 11.5 Å². The maximum absolute atomic E-state index is 12.9. The Morgan fingerprint density at radius 1 is 1.29 bits per heavy atom. The third-order valence-corrected chi connectivity index (χ3v) is 6.29. The standard InChI is InChI=1S/C17H23N3O3S/c1-16(2,3)9-6-7-10-11(8-9)24-13-12(10)14(21)20(19-18-13)17(4,5)15(22)23/h9H,6-8H2,1-5H3,(H,22,23).